The lowest BCUT2D eigenvalue weighted by Crippen LogP contribution is -2.19. The minimum Gasteiger partial charge on any atom is -0.360 e. The van der Waals surface area contributed by atoms with E-state index in [1.54, 1.807) is 12.3 Å². The van der Waals surface area contributed by atoms with Crippen LogP contribution in [-0.4, -0.2) is 10.9 Å². The van der Waals surface area contributed by atoms with Crippen molar-refractivity contribution in [2.45, 2.75) is 18.3 Å². The first-order chi connectivity index (χ1) is 7.83. The molecule has 16 heavy (non-hydrogen) atoms. The second-order valence-electron chi connectivity index (χ2n) is 4.15. The molecule has 0 amide bonds. The Labute approximate surface area is 93.1 Å². The second-order valence-corrected chi connectivity index (χ2v) is 4.15. The molecular weight excluding hydrogens is 202 g/mol. The monoisotopic (exact) mass is 213 g/mol. The Bertz CT molecular complexity index is 498. The van der Waals surface area contributed by atoms with Gasteiger partial charge in [-0.05, 0) is 12.8 Å². The molecule has 0 radical (unpaired) electrons. The molecule has 1 aliphatic rings. The number of benzene rings is 1. The lowest BCUT2D eigenvalue weighted by atomic mass is 9.92. The zero-order valence-electron chi connectivity index (χ0n) is 8.72. The molecule has 1 fully saturated rings. The minimum absolute atomic E-state index is 0.143. The van der Waals surface area contributed by atoms with Crippen LogP contribution in [0.1, 0.15) is 29.0 Å². The highest BCUT2D eigenvalue weighted by Crippen LogP contribution is 2.50. The summed E-state index contributed by atoms with van der Waals surface area (Å²) in [7, 11) is 0. The number of aromatic nitrogens is 1. The highest BCUT2D eigenvalue weighted by atomic mass is 16.5. The Hall–Kier alpha value is -1.90. The first-order valence-corrected chi connectivity index (χ1v) is 5.34. The average molecular weight is 213 g/mol. The van der Waals surface area contributed by atoms with Crippen molar-refractivity contribution in [2.24, 2.45) is 0 Å². The normalized spacial score (nSPS) is 17.0. The van der Waals surface area contributed by atoms with E-state index in [4.69, 9.17) is 4.52 Å². The molecule has 3 rings (SSSR count). The molecule has 3 nitrogen and oxygen atoms in total. The maximum Gasteiger partial charge on any atom is 0.176 e. The summed E-state index contributed by atoms with van der Waals surface area (Å²) in [4.78, 5) is 12.3. The first-order valence-electron chi connectivity index (χ1n) is 5.34. The van der Waals surface area contributed by atoms with Crippen LogP contribution in [0.2, 0.25) is 0 Å². The summed E-state index contributed by atoms with van der Waals surface area (Å²) in [5.41, 5.74) is 0.314. The molecule has 0 saturated heterocycles. The van der Waals surface area contributed by atoms with E-state index in [-0.39, 0.29) is 5.78 Å². The minimum atomic E-state index is -0.433. The fraction of sp³-hybridized carbons (Fsp3) is 0.231. The molecule has 1 aliphatic carbocycles. The lowest BCUT2D eigenvalue weighted by Gasteiger charge is -2.09. The number of carbonyl (C=O) groups is 1. The predicted molar refractivity (Wildman–Crippen MR) is 58.2 cm³/mol. The molecule has 80 valence electrons. The van der Waals surface area contributed by atoms with Gasteiger partial charge in [-0.15, -0.1) is 0 Å². The summed E-state index contributed by atoms with van der Waals surface area (Å²) in [5.74, 6) is 0.839. The summed E-state index contributed by atoms with van der Waals surface area (Å²) in [6, 6.07) is 11.1. The van der Waals surface area contributed by atoms with Gasteiger partial charge in [-0.1, -0.05) is 35.5 Å². The largest absolute Gasteiger partial charge is 0.360 e. The topological polar surface area (TPSA) is 43.1 Å². The molecule has 1 heterocycles. The van der Waals surface area contributed by atoms with Gasteiger partial charge in [0.2, 0.25) is 0 Å². The fourth-order valence-corrected chi connectivity index (χ4v) is 2.04. The van der Waals surface area contributed by atoms with Crippen molar-refractivity contribution in [2.75, 3.05) is 0 Å². The third-order valence-electron chi connectivity index (χ3n) is 3.13. The third-order valence-corrected chi connectivity index (χ3v) is 3.13. The summed E-state index contributed by atoms with van der Waals surface area (Å²) < 4.78 is 5.13. The van der Waals surface area contributed by atoms with E-state index in [0.29, 0.717) is 5.76 Å². The molecule has 2 aromatic rings. The van der Waals surface area contributed by atoms with Gasteiger partial charge in [0.25, 0.3) is 0 Å². The summed E-state index contributed by atoms with van der Waals surface area (Å²) in [6.07, 6.45) is 3.31. The maximum atomic E-state index is 12.3. The van der Waals surface area contributed by atoms with Crippen LogP contribution in [0.5, 0.6) is 0 Å². The van der Waals surface area contributed by atoms with Gasteiger partial charge in [0.15, 0.2) is 11.5 Å². The van der Waals surface area contributed by atoms with Gasteiger partial charge >= 0.3 is 0 Å². The Morgan fingerprint density at radius 1 is 1.19 bits per heavy atom. The SMILES string of the molecule is O=C(c1ccccc1)C1(c2ccno2)CC1. The van der Waals surface area contributed by atoms with Crippen LogP contribution in [0.25, 0.3) is 0 Å². The molecule has 0 N–H and O–H groups in total. The second kappa shape index (κ2) is 3.30. The van der Waals surface area contributed by atoms with Gasteiger partial charge < -0.3 is 4.52 Å². The van der Waals surface area contributed by atoms with Crippen molar-refractivity contribution in [1.29, 1.82) is 0 Å². The molecule has 1 aromatic carbocycles. The molecule has 1 saturated carbocycles. The Kier molecular flexibility index (Phi) is 1.93. The van der Waals surface area contributed by atoms with E-state index in [1.165, 1.54) is 0 Å². The zero-order valence-corrected chi connectivity index (χ0v) is 8.72. The number of hydrogen-bond acceptors (Lipinski definition) is 3. The maximum absolute atomic E-state index is 12.3. The van der Waals surface area contributed by atoms with Crippen LogP contribution >= 0.6 is 0 Å². The first kappa shape index (κ1) is 9.33. The van der Waals surface area contributed by atoms with E-state index < -0.39 is 5.41 Å². The van der Waals surface area contributed by atoms with Gasteiger partial charge in [0, 0.05) is 11.6 Å². The van der Waals surface area contributed by atoms with Crippen molar-refractivity contribution >= 4 is 5.78 Å². The molecule has 0 aliphatic heterocycles. The van der Waals surface area contributed by atoms with E-state index in [0.717, 1.165) is 18.4 Å². The quantitative estimate of drug-likeness (QED) is 0.736. The zero-order chi connectivity index (χ0) is 11.0. The summed E-state index contributed by atoms with van der Waals surface area (Å²) >= 11 is 0. The van der Waals surface area contributed by atoms with E-state index in [2.05, 4.69) is 5.16 Å². The predicted octanol–water partition coefficient (Wildman–Crippen LogP) is 2.59. The van der Waals surface area contributed by atoms with Crippen molar-refractivity contribution < 1.29 is 9.32 Å². The van der Waals surface area contributed by atoms with Crippen molar-refractivity contribution in [1.82, 2.24) is 5.16 Å². The average Bonchev–Trinajstić information content (AvgIpc) is 2.97. The number of carbonyl (C=O) groups excluding carboxylic acids is 1. The number of ketones is 1. The Morgan fingerprint density at radius 3 is 2.50 bits per heavy atom. The van der Waals surface area contributed by atoms with Crippen LogP contribution in [0.15, 0.2) is 47.1 Å². The van der Waals surface area contributed by atoms with E-state index in [1.807, 2.05) is 30.3 Å². The number of rotatable bonds is 3. The van der Waals surface area contributed by atoms with Crippen molar-refractivity contribution in [3.05, 3.63) is 53.9 Å². The van der Waals surface area contributed by atoms with Gasteiger partial charge in [-0.3, -0.25) is 4.79 Å². The molecule has 3 heteroatoms. The van der Waals surface area contributed by atoms with Gasteiger partial charge in [-0.2, -0.15) is 0 Å². The van der Waals surface area contributed by atoms with Crippen LogP contribution in [0, 0.1) is 0 Å². The van der Waals surface area contributed by atoms with E-state index >= 15 is 0 Å². The van der Waals surface area contributed by atoms with Crippen LogP contribution in [-0.2, 0) is 5.41 Å². The Balaban J connectivity index is 1.97. The van der Waals surface area contributed by atoms with Crippen molar-refractivity contribution in [3.8, 4) is 0 Å². The lowest BCUT2D eigenvalue weighted by molar-refractivity contribution is 0.0930. The summed E-state index contributed by atoms with van der Waals surface area (Å²) in [5, 5.41) is 3.68. The Morgan fingerprint density at radius 2 is 1.94 bits per heavy atom. The molecular formula is C13H11NO2. The molecule has 0 atom stereocenters. The molecule has 1 aromatic heterocycles. The highest BCUT2D eigenvalue weighted by molar-refractivity contribution is 6.05. The van der Waals surface area contributed by atoms with E-state index in [9.17, 15) is 4.79 Å². The van der Waals surface area contributed by atoms with Crippen molar-refractivity contribution in [3.63, 3.8) is 0 Å². The number of hydrogen-bond donors (Lipinski definition) is 0. The van der Waals surface area contributed by atoms with Crippen LogP contribution in [0.3, 0.4) is 0 Å². The van der Waals surface area contributed by atoms with Gasteiger partial charge in [0.05, 0.1) is 11.6 Å². The molecule has 0 unspecified atom stereocenters. The number of nitrogens with zero attached hydrogens (tertiary/aromatic N) is 1. The third kappa shape index (κ3) is 1.28. The standard InChI is InChI=1S/C13H11NO2/c15-12(10-4-2-1-3-5-10)13(7-8-13)11-6-9-14-16-11/h1-6,9H,7-8H2. The number of Topliss-reactive ketones (excluding diaryl/α,β-unsaturated/α-hetero) is 1. The van der Waals surface area contributed by atoms with Gasteiger partial charge in [-0.25, -0.2) is 0 Å². The van der Waals surface area contributed by atoms with Crippen LogP contribution < -0.4 is 0 Å². The molecule has 0 bridgehead atoms. The molecule has 0 spiro atoms. The van der Waals surface area contributed by atoms with Gasteiger partial charge in [0.1, 0.15) is 0 Å². The van der Waals surface area contributed by atoms with Crippen LogP contribution in [0.4, 0.5) is 0 Å². The highest BCUT2D eigenvalue weighted by Gasteiger charge is 2.54. The summed E-state index contributed by atoms with van der Waals surface area (Å²) in [6.45, 7) is 0. The fourth-order valence-electron chi connectivity index (χ4n) is 2.04. The smallest absolute Gasteiger partial charge is 0.176 e.